The van der Waals surface area contributed by atoms with E-state index in [4.69, 9.17) is 9.47 Å². The molecule has 2 unspecified atom stereocenters. The van der Waals surface area contributed by atoms with Crippen LogP contribution in [-0.2, 0) is 9.47 Å². The normalized spacial score (nSPS) is 12.8. The van der Waals surface area contributed by atoms with Gasteiger partial charge >= 0.3 is 12.2 Å². The molecule has 0 radical (unpaired) electrons. The minimum atomic E-state index is -0.299. The van der Waals surface area contributed by atoms with Gasteiger partial charge in [-0.3, -0.25) is 0 Å². The minimum Gasteiger partial charge on any atom is -0.446 e. The first kappa shape index (κ1) is 28.5. The summed E-state index contributed by atoms with van der Waals surface area (Å²) in [6.45, 7) is 9.73. The van der Waals surface area contributed by atoms with Gasteiger partial charge in [0, 0.05) is 13.1 Å². The van der Waals surface area contributed by atoms with E-state index in [-0.39, 0.29) is 24.4 Å². The molecule has 2 atom stereocenters. The third-order valence-corrected chi connectivity index (χ3v) is 5.36. The average molecular weight is 429 g/mol. The Balaban J connectivity index is 3.63. The van der Waals surface area contributed by atoms with Crippen molar-refractivity contribution < 1.29 is 19.1 Å². The molecule has 2 N–H and O–H groups in total. The topological polar surface area (TPSA) is 76.7 Å². The average Bonchev–Trinajstić information content (AvgIpc) is 2.74. The number of hydrogen-bond donors (Lipinski definition) is 2. The smallest absolute Gasteiger partial charge is 0.407 e. The van der Waals surface area contributed by atoms with E-state index in [0.29, 0.717) is 13.1 Å². The molecule has 6 nitrogen and oxygen atoms in total. The molecule has 0 rings (SSSR count). The van der Waals surface area contributed by atoms with Gasteiger partial charge in [-0.25, -0.2) is 9.59 Å². The molecule has 0 spiro atoms. The van der Waals surface area contributed by atoms with Crippen LogP contribution in [0.4, 0.5) is 9.59 Å². The molecule has 0 aliphatic rings. The fourth-order valence-corrected chi connectivity index (χ4v) is 3.31. The van der Waals surface area contributed by atoms with Crippen molar-refractivity contribution in [2.24, 2.45) is 0 Å². The van der Waals surface area contributed by atoms with Crippen molar-refractivity contribution >= 4 is 12.2 Å². The van der Waals surface area contributed by atoms with Gasteiger partial charge in [0.1, 0.15) is 12.2 Å². The Bertz CT molecular complexity index is 380. The molecule has 178 valence electrons. The van der Waals surface area contributed by atoms with Crippen molar-refractivity contribution in [1.82, 2.24) is 10.6 Å². The lowest BCUT2D eigenvalue weighted by Crippen LogP contribution is -2.30. The molecule has 0 aromatic carbocycles. The van der Waals surface area contributed by atoms with Gasteiger partial charge in [0.15, 0.2) is 0 Å². The lowest BCUT2D eigenvalue weighted by atomic mass is 10.1. The largest absolute Gasteiger partial charge is 0.446 e. The summed E-state index contributed by atoms with van der Waals surface area (Å²) in [6.07, 6.45) is 13.9. The van der Waals surface area contributed by atoms with Crippen LogP contribution in [0.1, 0.15) is 118 Å². The molecular weight excluding hydrogens is 380 g/mol. The van der Waals surface area contributed by atoms with Gasteiger partial charge in [-0.1, -0.05) is 66.2 Å². The number of unbranched alkanes of at least 4 members (excludes halogenated alkanes) is 7. The van der Waals surface area contributed by atoms with Crippen molar-refractivity contribution in [3.05, 3.63) is 0 Å². The second-order valence-electron chi connectivity index (χ2n) is 8.13. The number of alkyl carbamates (subject to hydrolysis) is 2. The van der Waals surface area contributed by atoms with Gasteiger partial charge in [0.05, 0.1) is 0 Å². The summed E-state index contributed by atoms with van der Waals surface area (Å²) in [5.41, 5.74) is 0. The van der Waals surface area contributed by atoms with Gasteiger partial charge < -0.3 is 20.1 Å². The molecule has 0 heterocycles. The molecule has 0 saturated heterocycles. The fraction of sp³-hybridized carbons (Fsp3) is 0.917. The lowest BCUT2D eigenvalue weighted by Gasteiger charge is -2.16. The molecule has 0 aliphatic heterocycles. The summed E-state index contributed by atoms with van der Waals surface area (Å²) >= 11 is 0. The highest BCUT2D eigenvalue weighted by Gasteiger charge is 2.12. The summed E-state index contributed by atoms with van der Waals surface area (Å²) in [5.74, 6) is 0. The molecule has 30 heavy (non-hydrogen) atoms. The zero-order chi connectivity index (χ0) is 22.5. The van der Waals surface area contributed by atoms with Crippen LogP contribution in [0.2, 0.25) is 0 Å². The number of rotatable bonds is 19. The summed E-state index contributed by atoms with van der Waals surface area (Å²) < 4.78 is 11.0. The summed E-state index contributed by atoms with van der Waals surface area (Å²) in [4.78, 5) is 23.7. The van der Waals surface area contributed by atoms with E-state index in [2.05, 4.69) is 38.3 Å². The highest BCUT2D eigenvalue weighted by Crippen LogP contribution is 2.11. The Labute approximate surface area is 185 Å². The maximum absolute atomic E-state index is 11.9. The third kappa shape index (κ3) is 17.4. The number of nitrogens with one attached hydrogen (secondary N) is 2. The Hall–Kier alpha value is -1.46. The van der Waals surface area contributed by atoms with Gasteiger partial charge in [-0.2, -0.15) is 0 Å². The van der Waals surface area contributed by atoms with Crippen molar-refractivity contribution in [2.75, 3.05) is 13.1 Å². The molecule has 0 aromatic heterocycles. The van der Waals surface area contributed by atoms with Crippen LogP contribution in [0.25, 0.3) is 0 Å². The summed E-state index contributed by atoms with van der Waals surface area (Å²) in [7, 11) is 0. The Morgan fingerprint density at radius 1 is 0.600 bits per heavy atom. The fourth-order valence-electron chi connectivity index (χ4n) is 3.31. The predicted molar refractivity (Wildman–Crippen MR) is 124 cm³/mol. The van der Waals surface area contributed by atoms with Gasteiger partial charge in [-0.15, -0.1) is 0 Å². The number of ether oxygens (including phenoxy) is 2. The first-order chi connectivity index (χ1) is 14.6. The highest BCUT2D eigenvalue weighted by atomic mass is 16.6. The first-order valence-electron chi connectivity index (χ1n) is 12.5. The Morgan fingerprint density at radius 3 is 1.33 bits per heavy atom. The molecule has 0 fully saturated rings. The van der Waals surface area contributed by atoms with E-state index in [0.717, 1.165) is 64.2 Å². The third-order valence-electron chi connectivity index (χ3n) is 5.36. The van der Waals surface area contributed by atoms with E-state index < -0.39 is 0 Å². The van der Waals surface area contributed by atoms with Crippen LogP contribution in [0.3, 0.4) is 0 Å². The van der Waals surface area contributed by atoms with Crippen LogP contribution >= 0.6 is 0 Å². The number of carbonyl (C=O) groups excluding carboxylic acids is 2. The van der Waals surface area contributed by atoms with Crippen LogP contribution in [0.15, 0.2) is 0 Å². The molecule has 0 aliphatic carbocycles. The minimum absolute atomic E-state index is 0.0290. The second kappa shape index (κ2) is 20.8. The van der Waals surface area contributed by atoms with Crippen molar-refractivity contribution in [3.8, 4) is 0 Å². The molecule has 0 bridgehead atoms. The first-order valence-corrected chi connectivity index (χ1v) is 12.5. The zero-order valence-electron chi connectivity index (χ0n) is 20.1. The van der Waals surface area contributed by atoms with Crippen LogP contribution < -0.4 is 10.6 Å². The summed E-state index contributed by atoms with van der Waals surface area (Å²) in [5, 5.41) is 5.69. The van der Waals surface area contributed by atoms with Gasteiger partial charge in [0.25, 0.3) is 0 Å². The monoisotopic (exact) mass is 428 g/mol. The number of amides is 2. The molecule has 6 heteroatoms. The standard InChI is InChI=1S/C24H48N2O4/c1-5-9-13-17-21(7-3)29-23(27)25-19-15-11-12-16-20-26-24(28)30-22(8-4)18-14-10-6-2/h21-22H,5-20H2,1-4H3,(H,25,27)(H,26,28). The lowest BCUT2D eigenvalue weighted by molar-refractivity contribution is 0.0876. The maximum atomic E-state index is 11.9. The van der Waals surface area contributed by atoms with E-state index in [1.807, 2.05) is 0 Å². The van der Waals surface area contributed by atoms with E-state index in [1.54, 1.807) is 0 Å². The molecule has 0 saturated carbocycles. The second-order valence-corrected chi connectivity index (χ2v) is 8.13. The van der Waals surface area contributed by atoms with Crippen molar-refractivity contribution in [1.29, 1.82) is 0 Å². The zero-order valence-corrected chi connectivity index (χ0v) is 20.1. The Morgan fingerprint density at radius 2 is 1.00 bits per heavy atom. The van der Waals surface area contributed by atoms with E-state index in [9.17, 15) is 9.59 Å². The molecular formula is C24H48N2O4. The van der Waals surface area contributed by atoms with Crippen molar-refractivity contribution in [2.45, 2.75) is 130 Å². The van der Waals surface area contributed by atoms with Crippen LogP contribution in [0.5, 0.6) is 0 Å². The van der Waals surface area contributed by atoms with Gasteiger partial charge in [0.2, 0.25) is 0 Å². The maximum Gasteiger partial charge on any atom is 0.407 e. The predicted octanol–water partition coefficient (Wildman–Crippen LogP) is 6.72. The number of hydrogen-bond acceptors (Lipinski definition) is 4. The van der Waals surface area contributed by atoms with E-state index in [1.165, 1.54) is 25.7 Å². The molecule has 2 amide bonds. The SMILES string of the molecule is CCCCCC(CC)OC(=O)NCCCCCCNC(=O)OC(CC)CCCCC. The highest BCUT2D eigenvalue weighted by molar-refractivity contribution is 5.67. The van der Waals surface area contributed by atoms with Gasteiger partial charge in [-0.05, 0) is 51.4 Å². The number of carbonyl (C=O) groups is 2. The van der Waals surface area contributed by atoms with Crippen molar-refractivity contribution in [3.63, 3.8) is 0 Å². The quantitative estimate of drug-likeness (QED) is 0.224. The Kier molecular flexibility index (Phi) is 19.8. The van der Waals surface area contributed by atoms with Crippen LogP contribution in [-0.4, -0.2) is 37.5 Å². The summed E-state index contributed by atoms with van der Waals surface area (Å²) in [6, 6.07) is 0. The van der Waals surface area contributed by atoms with E-state index >= 15 is 0 Å². The van der Waals surface area contributed by atoms with Crippen LogP contribution in [0, 0.1) is 0 Å². The molecule has 0 aromatic rings.